The number of nitrogens with zero attached hydrogens (tertiary/aromatic N) is 1. The zero-order valence-electron chi connectivity index (χ0n) is 13.5. The van der Waals surface area contributed by atoms with Crippen molar-refractivity contribution in [2.75, 3.05) is 33.3 Å². The van der Waals surface area contributed by atoms with Crippen LogP contribution in [0.15, 0.2) is 0 Å². The number of rotatable bonds is 9. The van der Waals surface area contributed by atoms with Gasteiger partial charge in [-0.15, -0.1) is 0 Å². The Morgan fingerprint density at radius 2 is 2.05 bits per heavy atom. The van der Waals surface area contributed by atoms with Crippen molar-refractivity contribution >= 4 is 0 Å². The van der Waals surface area contributed by atoms with E-state index >= 15 is 0 Å². The van der Waals surface area contributed by atoms with Gasteiger partial charge in [-0.2, -0.15) is 0 Å². The topological polar surface area (TPSA) is 24.5 Å². The van der Waals surface area contributed by atoms with Crippen molar-refractivity contribution in [3.63, 3.8) is 0 Å². The first-order valence-corrected chi connectivity index (χ1v) is 8.12. The highest BCUT2D eigenvalue weighted by Crippen LogP contribution is 2.15. The molecule has 0 aromatic rings. The van der Waals surface area contributed by atoms with Crippen molar-refractivity contribution in [3.8, 4) is 0 Å². The Kier molecular flexibility index (Phi) is 8.67. The first-order chi connectivity index (χ1) is 9.09. The minimum Gasteiger partial charge on any atom is -0.377 e. The molecule has 0 bridgehead atoms. The molecule has 0 aliphatic carbocycles. The van der Waals surface area contributed by atoms with Gasteiger partial charge in [0.2, 0.25) is 0 Å². The smallest absolute Gasteiger partial charge is 0.0702 e. The maximum absolute atomic E-state index is 5.81. The Balaban J connectivity index is 2.05. The van der Waals surface area contributed by atoms with Crippen LogP contribution >= 0.6 is 0 Å². The molecule has 3 heteroatoms. The van der Waals surface area contributed by atoms with Gasteiger partial charge in [0.15, 0.2) is 0 Å². The van der Waals surface area contributed by atoms with Gasteiger partial charge >= 0.3 is 0 Å². The molecule has 1 N–H and O–H groups in total. The summed E-state index contributed by atoms with van der Waals surface area (Å²) in [4.78, 5) is 2.47. The van der Waals surface area contributed by atoms with Crippen molar-refractivity contribution in [1.29, 1.82) is 0 Å². The lowest BCUT2D eigenvalue weighted by Crippen LogP contribution is -2.38. The summed E-state index contributed by atoms with van der Waals surface area (Å²) < 4.78 is 5.81. The minimum absolute atomic E-state index is 0.472. The van der Waals surface area contributed by atoms with E-state index in [9.17, 15) is 0 Å². The Bertz CT molecular complexity index is 215. The Morgan fingerprint density at radius 1 is 1.26 bits per heavy atom. The molecule has 0 amide bonds. The summed E-state index contributed by atoms with van der Waals surface area (Å²) in [5.74, 6) is 0.753. The molecule has 0 radical (unpaired) electrons. The van der Waals surface area contributed by atoms with Crippen LogP contribution in [0.1, 0.15) is 52.9 Å². The Hall–Kier alpha value is -0.120. The molecular weight excluding hydrogens is 236 g/mol. The standard InChI is InChI=1S/C16H34N2O/c1-14(2)12-17-10-7-8-15(3)18(4)13-16-9-5-6-11-19-16/h14-17H,5-13H2,1-4H3. The molecule has 2 atom stereocenters. The van der Waals surface area contributed by atoms with Crippen molar-refractivity contribution in [3.05, 3.63) is 0 Å². The molecule has 0 aromatic carbocycles. The summed E-state index contributed by atoms with van der Waals surface area (Å²) in [5, 5.41) is 3.52. The lowest BCUT2D eigenvalue weighted by Gasteiger charge is -2.31. The van der Waals surface area contributed by atoms with Gasteiger partial charge in [0.25, 0.3) is 0 Å². The summed E-state index contributed by atoms with van der Waals surface area (Å²) in [6, 6.07) is 0.659. The lowest BCUT2D eigenvalue weighted by molar-refractivity contribution is -0.00758. The number of likely N-dealkylation sites (N-methyl/N-ethyl adjacent to an activating group) is 1. The quantitative estimate of drug-likeness (QED) is 0.652. The van der Waals surface area contributed by atoms with Gasteiger partial charge in [-0.25, -0.2) is 0 Å². The summed E-state index contributed by atoms with van der Waals surface area (Å²) in [6.07, 6.45) is 6.84. The maximum atomic E-state index is 5.81. The molecule has 0 aromatic heterocycles. The van der Waals surface area contributed by atoms with Crippen molar-refractivity contribution in [1.82, 2.24) is 10.2 Å². The van der Waals surface area contributed by atoms with E-state index in [-0.39, 0.29) is 0 Å². The molecular formula is C16H34N2O. The van der Waals surface area contributed by atoms with E-state index in [1.807, 2.05) is 0 Å². The second-order valence-electron chi connectivity index (χ2n) is 6.52. The molecule has 1 aliphatic rings. The number of ether oxygens (including phenoxy) is 1. The van der Waals surface area contributed by atoms with Gasteiger partial charge in [0.1, 0.15) is 0 Å². The highest BCUT2D eigenvalue weighted by molar-refractivity contribution is 4.71. The molecule has 1 saturated heterocycles. The number of hydrogen-bond donors (Lipinski definition) is 1. The van der Waals surface area contributed by atoms with Crippen LogP contribution < -0.4 is 5.32 Å². The van der Waals surface area contributed by atoms with Gasteiger partial charge in [0, 0.05) is 19.2 Å². The van der Waals surface area contributed by atoms with E-state index in [4.69, 9.17) is 4.74 Å². The maximum Gasteiger partial charge on any atom is 0.0702 e. The molecule has 114 valence electrons. The fraction of sp³-hybridized carbons (Fsp3) is 1.00. The summed E-state index contributed by atoms with van der Waals surface area (Å²) >= 11 is 0. The molecule has 19 heavy (non-hydrogen) atoms. The highest BCUT2D eigenvalue weighted by atomic mass is 16.5. The fourth-order valence-electron chi connectivity index (χ4n) is 2.59. The summed E-state index contributed by atoms with van der Waals surface area (Å²) in [6.45, 7) is 11.2. The highest BCUT2D eigenvalue weighted by Gasteiger charge is 2.18. The predicted octanol–water partition coefficient (Wildman–Crippen LogP) is 2.90. The van der Waals surface area contributed by atoms with Crippen LogP contribution in [0.2, 0.25) is 0 Å². The average molecular weight is 270 g/mol. The van der Waals surface area contributed by atoms with Gasteiger partial charge < -0.3 is 15.0 Å². The molecule has 1 aliphatic heterocycles. The second-order valence-corrected chi connectivity index (χ2v) is 6.52. The van der Waals surface area contributed by atoms with E-state index in [0.717, 1.165) is 32.2 Å². The number of nitrogens with one attached hydrogen (secondary N) is 1. The Labute approximate surface area is 120 Å². The molecule has 0 saturated carbocycles. The van der Waals surface area contributed by atoms with E-state index in [1.165, 1.54) is 32.1 Å². The first kappa shape index (κ1) is 16.9. The normalized spacial score (nSPS) is 22.1. The monoisotopic (exact) mass is 270 g/mol. The summed E-state index contributed by atoms with van der Waals surface area (Å²) in [7, 11) is 2.24. The summed E-state index contributed by atoms with van der Waals surface area (Å²) in [5.41, 5.74) is 0. The molecule has 1 heterocycles. The van der Waals surface area contributed by atoms with Crippen molar-refractivity contribution in [2.24, 2.45) is 5.92 Å². The second kappa shape index (κ2) is 9.73. The zero-order valence-corrected chi connectivity index (χ0v) is 13.5. The predicted molar refractivity (Wildman–Crippen MR) is 82.6 cm³/mol. The van der Waals surface area contributed by atoms with Crippen LogP contribution in [0.25, 0.3) is 0 Å². The molecule has 0 spiro atoms. The zero-order chi connectivity index (χ0) is 14.1. The van der Waals surface area contributed by atoms with E-state index < -0.39 is 0 Å². The van der Waals surface area contributed by atoms with Gasteiger partial charge in [-0.1, -0.05) is 13.8 Å². The van der Waals surface area contributed by atoms with Crippen LogP contribution in [0.3, 0.4) is 0 Å². The SMILES string of the molecule is CC(C)CNCCCC(C)N(C)CC1CCCCO1. The van der Waals surface area contributed by atoms with Crippen LogP contribution in [-0.2, 0) is 4.74 Å². The van der Waals surface area contributed by atoms with E-state index in [0.29, 0.717) is 12.1 Å². The minimum atomic E-state index is 0.472. The van der Waals surface area contributed by atoms with Gasteiger partial charge in [-0.05, 0) is 65.1 Å². The largest absolute Gasteiger partial charge is 0.377 e. The van der Waals surface area contributed by atoms with Gasteiger partial charge in [0.05, 0.1) is 6.10 Å². The fourth-order valence-corrected chi connectivity index (χ4v) is 2.59. The third-order valence-electron chi connectivity index (χ3n) is 4.05. The van der Waals surface area contributed by atoms with E-state index in [2.05, 4.69) is 38.0 Å². The van der Waals surface area contributed by atoms with Crippen LogP contribution in [0.4, 0.5) is 0 Å². The Morgan fingerprint density at radius 3 is 2.68 bits per heavy atom. The third-order valence-corrected chi connectivity index (χ3v) is 4.05. The van der Waals surface area contributed by atoms with Crippen molar-refractivity contribution in [2.45, 2.75) is 65.0 Å². The first-order valence-electron chi connectivity index (χ1n) is 8.12. The molecule has 2 unspecified atom stereocenters. The average Bonchev–Trinajstić information content (AvgIpc) is 2.38. The van der Waals surface area contributed by atoms with Crippen molar-refractivity contribution < 1.29 is 4.74 Å². The lowest BCUT2D eigenvalue weighted by atomic mass is 10.1. The van der Waals surface area contributed by atoms with Gasteiger partial charge in [-0.3, -0.25) is 0 Å². The van der Waals surface area contributed by atoms with E-state index in [1.54, 1.807) is 0 Å². The third kappa shape index (κ3) is 7.91. The number of hydrogen-bond acceptors (Lipinski definition) is 3. The molecule has 1 rings (SSSR count). The van der Waals surface area contributed by atoms with Crippen LogP contribution in [0.5, 0.6) is 0 Å². The van der Waals surface area contributed by atoms with Crippen LogP contribution in [0, 0.1) is 5.92 Å². The molecule has 1 fully saturated rings. The van der Waals surface area contributed by atoms with Crippen LogP contribution in [-0.4, -0.2) is 50.3 Å². The molecule has 3 nitrogen and oxygen atoms in total.